The van der Waals surface area contributed by atoms with E-state index in [1.165, 1.54) is 23.2 Å². The van der Waals surface area contributed by atoms with Crippen molar-refractivity contribution in [2.24, 2.45) is 0 Å². The molecule has 0 radical (unpaired) electrons. The van der Waals surface area contributed by atoms with Gasteiger partial charge in [0.1, 0.15) is 0 Å². The van der Waals surface area contributed by atoms with Crippen LogP contribution in [0.5, 0.6) is 0 Å². The maximum absolute atomic E-state index is 3.35. The third kappa shape index (κ3) is 2.48. The first-order valence-electron chi connectivity index (χ1n) is 10.2. The molecular formula is C24H31HfSi. The minimum atomic E-state index is -3.35. The molecule has 4 rings (SSSR count). The number of rotatable bonds is 5. The summed E-state index contributed by atoms with van der Waals surface area (Å²) in [4.78, 5) is 0. The minimum absolute atomic E-state index is 0.709. The van der Waals surface area contributed by atoms with Crippen molar-refractivity contribution in [1.82, 2.24) is 0 Å². The van der Waals surface area contributed by atoms with Crippen LogP contribution < -0.4 is 0 Å². The van der Waals surface area contributed by atoms with Gasteiger partial charge in [-0.05, 0) is 0 Å². The Bertz CT molecular complexity index is 823. The zero-order valence-electron chi connectivity index (χ0n) is 16.6. The zero-order valence-corrected chi connectivity index (χ0v) is 21.3. The second-order valence-electron chi connectivity index (χ2n) is 9.18. The van der Waals surface area contributed by atoms with Crippen LogP contribution in [-0.2, 0) is 17.7 Å². The summed E-state index contributed by atoms with van der Waals surface area (Å²) in [7, 11) is 0. The van der Waals surface area contributed by atoms with Crippen molar-refractivity contribution in [2.75, 3.05) is 0 Å². The summed E-state index contributed by atoms with van der Waals surface area (Å²) < 4.78 is 7.10. The van der Waals surface area contributed by atoms with Gasteiger partial charge in [-0.1, -0.05) is 0 Å². The van der Waals surface area contributed by atoms with Crippen LogP contribution in [-0.4, -0.2) is 5.98 Å². The first-order valence-corrected chi connectivity index (χ1v) is 30.0. The van der Waals surface area contributed by atoms with Crippen molar-refractivity contribution in [3.63, 3.8) is 0 Å². The number of fused-ring (bicyclic) bond motifs is 2. The average Bonchev–Trinajstić information content (AvgIpc) is 3.28. The molecule has 0 aromatic heterocycles. The summed E-state index contributed by atoms with van der Waals surface area (Å²) >= 11 is -3.35. The molecule has 0 saturated carbocycles. The van der Waals surface area contributed by atoms with Gasteiger partial charge < -0.3 is 0 Å². The van der Waals surface area contributed by atoms with Crippen LogP contribution in [0.1, 0.15) is 43.5 Å². The van der Waals surface area contributed by atoms with Crippen LogP contribution in [0.3, 0.4) is 0 Å². The number of hydrogen-bond donors (Lipinski definition) is 0. The summed E-state index contributed by atoms with van der Waals surface area (Å²) in [6.45, 7) is 4.97. The molecule has 2 heteroatoms. The Morgan fingerprint density at radius 2 is 1.15 bits per heavy atom. The molecule has 0 aliphatic heterocycles. The summed E-state index contributed by atoms with van der Waals surface area (Å²) in [6.07, 6.45) is 10.1. The van der Waals surface area contributed by atoms with Gasteiger partial charge in [0, 0.05) is 0 Å². The predicted molar refractivity (Wildman–Crippen MR) is 116 cm³/mol. The molecule has 0 nitrogen and oxygen atoms in total. The molecule has 2 aliphatic rings. The second kappa shape index (κ2) is 6.56. The van der Waals surface area contributed by atoms with Gasteiger partial charge in [-0.3, -0.25) is 0 Å². The fraction of sp³-hybridized carbons (Fsp3) is 0.333. The maximum atomic E-state index is 2.84. The van der Waals surface area contributed by atoms with E-state index in [2.05, 4.69) is 96.0 Å². The third-order valence-corrected chi connectivity index (χ3v) is 72.5. The molecule has 0 fully saturated rings. The van der Waals surface area contributed by atoms with E-state index in [1.54, 1.807) is 11.1 Å². The van der Waals surface area contributed by atoms with E-state index in [4.69, 9.17) is 0 Å². The van der Waals surface area contributed by atoms with Gasteiger partial charge in [0.2, 0.25) is 0 Å². The van der Waals surface area contributed by atoms with Gasteiger partial charge >= 0.3 is 161 Å². The first-order chi connectivity index (χ1) is 12.5. The Kier molecular flexibility index (Phi) is 4.64. The van der Waals surface area contributed by atoms with Gasteiger partial charge in [-0.15, -0.1) is 0 Å². The number of benzene rings is 2. The van der Waals surface area contributed by atoms with Crippen LogP contribution >= 0.6 is 0 Å². The van der Waals surface area contributed by atoms with E-state index in [0.29, 0.717) is 7.35 Å². The summed E-state index contributed by atoms with van der Waals surface area (Å²) in [5.74, 6) is -0.844. The second-order valence-corrected chi connectivity index (χ2v) is 60.0. The van der Waals surface area contributed by atoms with E-state index in [1.807, 2.05) is 0 Å². The monoisotopic (exact) mass is 527 g/mol. The number of hydrogen-bond acceptors (Lipinski definition) is 0. The zero-order chi connectivity index (χ0) is 18.4. The molecule has 0 bridgehead atoms. The van der Waals surface area contributed by atoms with E-state index in [-0.39, 0.29) is 0 Å². The van der Waals surface area contributed by atoms with Crippen molar-refractivity contribution in [3.8, 4) is 0 Å². The summed E-state index contributed by atoms with van der Waals surface area (Å²) in [6, 6.07) is 21.3. The van der Waals surface area contributed by atoms with E-state index < -0.39 is 23.7 Å². The van der Waals surface area contributed by atoms with Crippen molar-refractivity contribution >= 4 is 18.1 Å². The number of allylic oxidation sites excluding steroid dienone is 2. The Morgan fingerprint density at radius 1 is 0.731 bits per heavy atom. The van der Waals surface area contributed by atoms with E-state index >= 15 is 0 Å². The molecule has 2 aromatic carbocycles. The standard InChI is InChI=1S/2C9H7.C4H11Si.2CH3.Hf/c2*1-2-5-9-7-3-6-8(9)4-1;1-3-5-4-2;;;/h2*1-7H;5H,3-4H2,1-2H3;2*1H3;. The molecule has 2 unspecified atom stereocenters. The topological polar surface area (TPSA) is 0 Å². The van der Waals surface area contributed by atoms with Crippen LogP contribution in [0, 0.1) is 0 Å². The van der Waals surface area contributed by atoms with Crippen molar-refractivity contribution in [1.29, 1.82) is 0 Å². The predicted octanol–water partition coefficient (Wildman–Crippen LogP) is 7.07. The van der Waals surface area contributed by atoms with E-state index in [0.717, 1.165) is 0 Å². The molecule has 135 valence electrons. The van der Waals surface area contributed by atoms with Crippen LogP contribution in [0.15, 0.2) is 60.7 Å². The molecule has 26 heavy (non-hydrogen) atoms. The van der Waals surface area contributed by atoms with Gasteiger partial charge in [0.25, 0.3) is 0 Å². The molecule has 2 aliphatic carbocycles. The summed E-state index contributed by atoms with van der Waals surface area (Å²) in [5, 5.41) is 0. The van der Waals surface area contributed by atoms with Crippen LogP contribution in [0.2, 0.25) is 21.4 Å². The van der Waals surface area contributed by atoms with Crippen LogP contribution in [0.25, 0.3) is 12.2 Å². The van der Waals surface area contributed by atoms with Crippen molar-refractivity contribution in [2.45, 2.75) is 42.6 Å². The molecule has 0 N–H and O–H groups in total. The molecule has 0 heterocycles. The quantitative estimate of drug-likeness (QED) is 0.366. The van der Waals surface area contributed by atoms with E-state index in [9.17, 15) is 0 Å². The van der Waals surface area contributed by atoms with Gasteiger partial charge in [0.05, 0.1) is 0 Å². The Morgan fingerprint density at radius 3 is 1.58 bits per heavy atom. The molecule has 0 amide bonds. The Hall–Kier alpha value is -0.993. The Balaban J connectivity index is 1.94. The average molecular weight is 526 g/mol. The Labute approximate surface area is 160 Å². The SMILES string of the molecule is CC[SiH](CC)[Hf]([CH3])([CH3])([CH]1C=Cc2ccccc21)[CH]1C=Cc2ccccc21. The fourth-order valence-corrected chi connectivity index (χ4v) is 69.4. The molecular weight excluding hydrogens is 495 g/mol. The molecule has 2 aromatic rings. The normalized spacial score (nSPS) is 22.3. The van der Waals surface area contributed by atoms with Gasteiger partial charge in [-0.2, -0.15) is 0 Å². The third-order valence-electron chi connectivity index (χ3n) is 7.83. The van der Waals surface area contributed by atoms with Crippen molar-refractivity contribution in [3.05, 3.63) is 82.9 Å². The molecule has 0 spiro atoms. The van der Waals surface area contributed by atoms with Gasteiger partial charge in [-0.25, -0.2) is 0 Å². The van der Waals surface area contributed by atoms with Crippen molar-refractivity contribution < 1.29 is 17.7 Å². The molecule has 0 saturated heterocycles. The van der Waals surface area contributed by atoms with Crippen LogP contribution in [0.4, 0.5) is 0 Å². The first kappa shape index (κ1) is 18.4. The molecule has 2 atom stereocenters. The summed E-state index contributed by atoms with van der Waals surface area (Å²) in [5.41, 5.74) is 6.20. The van der Waals surface area contributed by atoms with Gasteiger partial charge in [0.15, 0.2) is 0 Å². The fourth-order valence-electron chi connectivity index (χ4n) is 6.37.